The molecule has 0 saturated carbocycles. The molecule has 1 aliphatic rings. The van der Waals surface area contributed by atoms with Crippen LogP contribution in [0.25, 0.3) is 0 Å². The molecule has 0 bridgehead atoms. The van der Waals surface area contributed by atoms with Crippen LogP contribution in [0, 0.1) is 0 Å². The second-order valence-electron chi connectivity index (χ2n) is 6.67. The van der Waals surface area contributed by atoms with Gasteiger partial charge in [-0.25, -0.2) is 4.79 Å². The zero-order chi connectivity index (χ0) is 16.9. The standard InChI is InChI=1S/C15H27N3O4/c1-15(2,3)22-14(21)17(5)10-12(19)16(4)11-13(20)18-8-6-7-9-18/h6-11H2,1-5H3. The van der Waals surface area contributed by atoms with Crippen molar-refractivity contribution in [1.82, 2.24) is 14.7 Å². The summed E-state index contributed by atoms with van der Waals surface area (Å²) >= 11 is 0. The van der Waals surface area contributed by atoms with E-state index in [-0.39, 0.29) is 24.9 Å². The summed E-state index contributed by atoms with van der Waals surface area (Å²) in [6.07, 6.45) is 1.48. The van der Waals surface area contributed by atoms with Crippen LogP contribution in [-0.4, -0.2) is 78.5 Å². The van der Waals surface area contributed by atoms with Crippen LogP contribution in [-0.2, 0) is 14.3 Å². The fourth-order valence-electron chi connectivity index (χ4n) is 2.09. The smallest absolute Gasteiger partial charge is 0.410 e. The number of hydrogen-bond donors (Lipinski definition) is 0. The number of carbonyl (C=O) groups excluding carboxylic acids is 3. The summed E-state index contributed by atoms with van der Waals surface area (Å²) in [5.74, 6) is -0.339. The van der Waals surface area contributed by atoms with E-state index in [4.69, 9.17) is 4.74 Å². The first-order valence-electron chi connectivity index (χ1n) is 7.56. The second-order valence-corrected chi connectivity index (χ2v) is 6.67. The molecule has 22 heavy (non-hydrogen) atoms. The Balaban J connectivity index is 2.42. The predicted molar refractivity (Wildman–Crippen MR) is 82.3 cm³/mol. The van der Waals surface area contributed by atoms with Crippen molar-refractivity contribution in [3.05, 3.63) is 0 Å². The van der Waals surface area contributed by atoms with Crippen molar-refractivity contribution in [2.24, 2.45) is 0 Å². The van der Waals surface area contributed by atoms with E-state index in [2.05, 4.69) is 0 Å². The number of likely N-dealkylation sites (tertiary alicyclic amines) is 1. The van der Waals surface area contributed by atoms with Gasteiger partial charge in [-0.3, -0.25) is 9.59 Å². The molecule has 1 rings (SSSR count). The highest BCUT2D eigenvalue weighted by molar-refractivity contribution is 5.87. The average Bonchev–Trinajstić information content (AvgIpc) is 2.90. The van der Waals surface area contributed by atoms with Crippen LogP contribution in [0.3, 0.4) is 0 Å². The second kappa shape index (κ2) is 7.47. The first kappa shape index (κ1) is 18.3. The van der Waals surface area contributed by atoms with E-state index in [0.29, 0.717) is 0 Å². The topological polar surface area (TPSA) is 70.2 Å². The number of nitrogens with zero attached hydrogens (tertiary/aromatic N) is 3. The van der Waals surface area contributed by atoms with Crippen LogP contribution in [0.15, 0.2) is 0 Å². The molecular weight excluding hydrogens is 286 g/mol. The van der Waals surface area contributed by atoms with E-state index in [1.807, 2.05) is 0 Å². The van der Waals surface area contributed by atoms with Gasteiger partial charge in [0.25, 0.3) is 0 Å². The van der Waals surface area contributed by atoms with Crippen LogP contribution in [0.4, 0.5) is 4.79 Å². The highest BCUT2D eigenvalue weighted by Crippen LogP contribution is 2.10. The molecule has 0 unspecified atom stereocenters. The minimum Gasteiger partial charge on any atom is -0.444 e. The normalized spacial score (nSPS) is 14.7. The van der Waals surface area contributed by atoms with Crippen LogP contribution in [0.1, 0.15) is 33.6 Å². The number of amides is 3. The van der Waals surface area contributed by atoms with Crippen LogP contribution in [0.2, 0.25) is 0 Å². The monoisotopic (exact) mass is 313 g/mol. The van der Waals surface area contributed by atoms with Crippen molar-refractivity contribution in [2.75, 3.05) is 40.3 Å². The van der Waals surface area contributed by atoms with Crippen molar-refractivity contribution in [3.8, 4) is 0 Å². The molecule has 7 nitrogen and oxygen atoms in total. The zero-order valence-electron chi connectivity index (χ0n) is 14.2. The van der Waals surface area contributed by atoms with E-state index in [1.54, 1.807) is 32.7 Å². The lowest BCUT2D eigenvalue weighted by molar-refractivity contribution is -0.139. The lowest BCUT2D eigenvalue weighted by Crippen LogP contribution is -2.45. The molecule has 7 heteroatoms. The van der Waals surface area contributed by atoms with Gasteiger partial charge < -0.3 is 19.4 Å². The summed E-state index contributed by atoms with van der Waals surface area (Å²) in [5, 5.41) is 0. The minimum atomic E-state index is -0.605. The Hall–Kier alpha value is -1.79. The van der Waals surface area contributed by atoms with Gasteiger partial charge in [-0.1, -0.05) is 0 Å². The molecular formula is C15H27N3O4. The molecule has 0 aromatic heterocycles. The largest absolute Gasteiger partial charge is 0.444 e. The minimum absolute atomic E-state index is 0.0427. The molecule has 0 N–H and O–H groups in total. The molecule has 126 valence electrons. The van der Waals surface area contributed by atoms with E-state index >= 15 is 0 Å². The van der Waals surface area contributed by atoms with Crippen LogP contribution < -0.4 is 0 Å². The third-order valence-electron chi connectivity index (χ3n) is 3.33. The maximum absolute atomic E-state index is 12.1. The average molecular weight is 313 g/mol. The summed E-state index contributed by atoms with van der Waals surface area (Å²) in [7, 11) is 3.07. The van der Waals surface area contributed by atoms with Crippen molar-refractivity contribution in [1.29, 1.82) is 0 Å². The van der Waals surface area contributed by atoms with Gasteiger partial charge in [0.05, 0.1) is 6.54 Å². The third-order valence-corrected chi connectivity index (χ3v) is 3.33. The molecule has 3 amide bonds. The number of rotatable bonds is 4. The van der Waals surface area contributed by atoms with Gasteiger partial charge in [0, 0.05) is 27.2 Å². The summed E-state index contributed by atoms with van der Waals surface area (Å²) in [5.41, 5.74) is -0.605. The van der Waals surface area contributed by atoms with Gasteiger partial charge in [-0.15, -0.1) is 0 Å². The number of carbonyl (C=O) groups is 3. The molecule has 0 radical (unpaired) electrons. The molecule has 0 aliphatic carbocycles. The first-order chi connectivity index (χ1) is 10.1. The molecule has 0 aromatic rings. The molecule has 0 spiro atoms. The Morgan fingerprint density at radius 3 is 2.05 bits per heavy atom. The van der Waals surface area contributed by atoms with Gasteiger partial charge in [0.2, 0.25) is 11.8 Å². The molecule has 1 heterocycles. The fraction of sp³-hybridized carbons (Fsp3) is 0.800. The van der Waals surface area contributed by atoms with Crippen molar-refractivity contribution in [3.63, 3.8) is 0 Å². The van der Waals surface area contributed by atoms with E-state index in [1.165, 1.54) is 16.8 Å². The molecule has 1 aliphatic heterocycles. The maximum atomic E-state index is 12.1. The van der Waals surface area contributed by atoms with Crippen LogP contribution in [0.5, 0.6) is 0 Å². The highest BCUT2D eigenvalue weighted by Gasteiger charge is 2.24. The molecule has 0 atom stereocenters. The lowest BCUT2D eigenvalue weighted by atomic mass is 10.2. The Labute approximate surface area is 132 Å². The molecule has 1 saturated heterocycles. The lowest BCUT2D eigenvalue weighted by Gasteiger charge is -2.26. The quantitative estimate of drug-likeness (QED) is 0.774. The Kier molecular flexibility index (Phi) is 6.20. The number of ether oxygens (including phenoxy) is 1. The van der Waals surface area contributed by atoms with Crippen molar-refractivity contribution in [2.45, 2.75) is 39.2 Å². The van der Waals surface area contributed by atoms with Gasteiger partial charge in [-0.05, 0) is 33.6 Å². The van der Waals surface area contributed by atoms with E-state index < -0.39 is 11.7 Å². The third kappa shape index (κ3) is 5.91. The van der Waals surface area contributed by atoms with Crippen LogP contribution >= 0.6 is 0 Å². The summed E-state index contributed by atoms with van der Waals surface area (Å²) in [6.45, 7) is 6.75. The molecule has 1 fully saturated rings. The summed E-state index contributed by atoms with van der Waals surface area (Å²) in [4.78, 5) is 40.2. The van der Waals surface area contributed by atoms with Gasteiger partial charge >= 0.3 is 6.09 Å². The summed E-state index contributed by atoms with van der Waals surface area (Å²) < 4.78 is 5.18. The Morgan fingerprint density at radius 1 is 1.00 bits per heavy atom. The SMILES string of the molecule is CN(CC(=O)N1CCCC1)C(=O)CN(C)C(=O)OC(C)(C)C. The van der Waals surface area contributed by atoms with Gasteiger partial charge in [-0.2, -0.15) is 0 Å². The van der Waals surface area contributed by atoms with Gasteiger partial charge in [0.15, 0.2) is 0 Å². The maximum Gasteiger partial charge on any atom is 0.410 e. The predicted octanol–water partition coefficient (Wildman–Crippen LogP) is 0.934. The number of likely N-dealkylation sites (N-methyl/N-ethyl adjacent to an activating group) is 2. The highest BCUT2D eigenvalue weighted by atomic mass is 16.6. The Morgan fingerprint density at radius 2 is 1.55 bits per heavy atom. The van der Waals surface area contributed by atoms with Gasteiger partial charge in [0.1, 0.15) is 12.1 Å². The summed E-state index contributed by atoms with van der Waals surface area (Å²) in [6, 6.07) is 0. The van der Waals surface area contributed by atoms with E-state index in [9.17, 15) is 14.4 Å². The van der Waals surface area contributed by atoms with Crippen molar-refractivity contribution >= 4 is 17.9 Å². The zero-order valence-corrected chi connectivity index (χ0v) is 14.2. The fourth-order valence-corrected chi connectivity index (χ4v) is 2.09. The number of hydrogen-bond acceptors (Lipinski definition) is 4. The van der Waals surface area contributed by atoms with Crippen molar-refractivity contribution < 1.29 is 19.1 Å². The first-order valence-corrected chi connectivity index (χ1v) is 7.56. The molecule has 0 aromatic carbocycles. The van der Waals surface area contributed by atoms with E-state index in [0.717, 1.165) is 25.9 Å². The Bertz CT molecular complexity index is 425.